The van der Waals surface area contributed by atoms with E-state index in [4.69, 9.17) is 4.18 Å². The van der Waals surface area contributed by atoms with Gasteiger partial charge in [-0.05, 0) is 24.7 Å². The molecule has 1 spiro atoms. The summed E-state index contributed by atoms with van der Waals surface area (Å²) in [5.74, 6) is -0.227. The molecule has 86 valence electrons. The van der Waals surface area contributed by atoms with E-state index in [9.17, 15) is 13.2 Å². The Labute approximate surface area is 88.9 Å². The molecule has 15 heavy (non-hydrogen) atoms. The fraction of sp³-hybridized carbons (Fsp3) is 0.889. The zero-order valence-corrected chi connectivity index (χ0v) is 9.54. The predicted octanol–water partition coefficient (Wildman–Crippen LogP) is 0.304. The van der Waals surface area contributed by atoms with Crippen LogP contribution >= 0.6 is 0 Å². The van der Waals surface area contributed by atoms with Crippen molar-refractivity contribution in [2.45, 2.75) is 25.4 Å². The molecule has 0 N–H and O–H groups in total. The van der Waals surface area contributed by atoms with Crippen molar-refractivity contribution in [1.29, 1.82) is 0 Å². The first kappa shape index (κ1) is 10.9. The Morgan fingerprint density at radius 3 is 2.40 bits per heavy atom. The molecular formula is C9H14O5S. The summed E-state index contributed by atoms with van der Waals surface area (Å²) in [5.41, 5.74) is -0.0115. The first-order valence-corrected chi connectivity index (χ1v) is 6.64. The summed E-state index contributed by atoms with van der Waals surface area (Å²) < 4.78 is 31.1. The highest BCUT2D eigenvalue weighted by Crippen LogP contribution is 2.66. The molecule has 0 aromatic heterocycles. The van der Waals surface area contributed by atoms with Crippen LogP contribution in [0, 0.1) is 11.3 Å². The first-order chi connectivity index (χ1) is 6.86. The molecular weight excluding hydrogens is 220 g/mol. The number of hydrogen-bond acceptors (Lipinski definition) is 5. The van der Waals surface area contributed by atoms with Gasteiger partial charge < -0.3 is 4.74 Å². The van der Waals surface area contributed by atoms with Crippen LogP contribution in [0.4, 0.5) is 0 Å². The Bertz CT molecular complexity index is 379. The van der Waals surface area contributed by atoms with E-state index >= 15 is 0 Å². The molecule has 1 unspecified atom stereocenters. The van der Waals surface area contributed by atoms with E-state index in [0.29, 0.717) is 12.8 Å². The van der Waals surface area contributed by atoms with Crippen LogP contribution in [0.1, 0.15) is 19.3 Å². The Morgan fingerprint density at radius 1 is 1.33 bits per heavy atom. The summed E-state index contributed by atoms with van der Waals surface area (Å²) >= 11 is 0. The number of rotatable bonds is 3. The summed E-state index contributed by atoms with van der Waals surface area (Å²) in [6, 6.07) is 0. The highest BCUT2D eigenvalue weighted by atomic mass is 32.2. The SMILES string of the molecule is COC(=O)C1CC12CC(OS(C)(=O)=O)C2. The van der Waals surface area contributed by atoms with E-state index in [0.717, 1.165) is 12.7 Å². The lowest BCUT2D eigenvalue weighted by Gasteiger charge is -2.35. The summed E-state index contributed by atoms with van der Waals surface area (Å²) in [7, 11) is -1.99. The number of hydrogen-bond donors (Lipinski definition) is 0. The minimum atomic E-state index is -3.37. The van der Waals surface area contributed by atoms with Crippen molar-refractivity contribution in [3.05, 3.63) is 0 Å². The van der Waals surface area contributed by atoms with E-state index < -0.39 is 10.1 Å². The number of carbonyl (C=O) groups excluding carboxylic acids is 1. The fourth-order valence-corrected chi connectivity index (χ4v) is 3.07. The quantitative estimate of drug-likeness (QED) is 0.519. The van der Waals surface area contributed by atoms with E-state index in [1.54, 1.807) is 0 Å². The van der Waals surface area contributed by atoms with Crippen molar-refractivity contribution in [3.8, 4) is 0 Å². The van der Waals surface area contributed by atoms with Crippen LogP contribution in [0.25, 0.3) is 0 Å². The van der Waals surface area contributed by atoms with Crippen LogP contribution in [-0.2, 0) is 23.8 Å². The van der Waals surface area contributed by atoms with E-state index in [2.05, 4.69) is 4.74 Å². The molecule has 0 amide bonds. The molecule has 1 atom stereocenters. The molecule has 2 aliphatic rings. The molecule has 5 nitrogen and oxygen atoms in total. The molecule has 2 fully saturated rings. The van der Waals surface area contributed by atoms with Crippen LogP contribution in [0.3, 0.4) is 0 Å². The maximum Gasteiger partial charge on any atom is 0.309 e. The lowest BCUT2D eigenvalue weighted by molar-refractivity contribution is -0.144. The zero-order chi connectivity index (χ0) is 11.3. The second-order valence-electron chi connectivity index (χ2n) is 4.47. The van der Waals surface area contributed by atoms with Gasteiger partial charge >= 0.3 is 5.97 Å². The van der Waals surface area contributed by atoms with E-state index in [1.807, 2.05) is 0 Å². The zero-order valence-electron chi connectivity index (χ0n) is 8.73. The van der Waals surface area contributed by atoms with Crippen LogP contribution in [-0.4, -0.2) is 33.9 Å². The Balaban J connectivity index is 1.83. The molecule has 0 aliphatic heterocycles. The minimum absolute atomic E-state index is 0.0115. The number of methoxy groups -OCH3 is 1. The van der Waals surface area contributed by atoms with Crippen molar-refractivity contribution >= 4 is 16.1 Å². The van der Waals surface area contributed by atoms with Crippen LogP contribution in [0.5, 0.6) is 0 Å². The fourth-order valence-electron chi connectivity index (χ4n) is 2.44. The van der Waals surface area contributed by atoms with Gasteiger partial charge in [-0.3, -0.25) is 8.98 Å². The number of carbonyl (C=O) groups is 1. The normalized spacial score (nSPS) is 38.5. The Morgan fingerprint density at radius 2 is 1.93 bits per heavy atom. The summed E-state index contributed by atoms with van der Waals surface area (Å²) in [6.07, 6.45) is 2.92. The van der Waals surface area contributed by atoms with Gasteiger partial charge in [0.2, 0.25) is 0 Å². The topological polar surface area (TPSA) is 69.7 Å². The summed E-state index contributed by atoms with van der Waals surface area (Å²) in [4.78, 5) is 11.2. The van der Waals surface area contributed by atoms with Crippen LogP contribution in [0.2, 0.25) is 0 Å². The third-order valence-electron chi connectivity index (χ3n) is 3.25. The third-order valence-corrected chi connectivity index (χ3v) is 3.88. The van der Waals surface area contributed by atoms with E-state index in [1.165, 1.54) is 7.11 Å². The molecule has 0 radical (unpaired) electrons. The number of esters is 1. The molecule has 0 aromatic carbocycles. The van der Waals surface area contributed by atoms with Gasteiger partial charge in [0.25, 0.3) is 10.1 Å². The Kier molecular flexibility index (Phi) is 2.31. The molecule has 2 aliphatic carbocycles. The van der Waals surface area contributed by atoms with Crippen molar-refractivity contribution in [2.24, 2.45) is 11.3 Å². The van der Waals surface area contributed by atoms with Crippen molar-refractivity contribution in [3.63, 3.8) is 0 Å². The molecule has 0 aromatic rings. The van der Waals surface area contributed by atoms with Gasteiger partial charge in [0, 0.05) is 0 Å². The van der Waals surface area contributed by atoms with Gasteiger partial charge in [-0.15, -0.1) is 0 Å². The van der Waals surface area contributed by atoms with Crippen LogP contribution < -0.4 is 0 Å². The first-order valence-electron chi connectivity index (χ1n) is 4.82. The smallest absolute Gasteiger partial charge is 0.309 e. The minimum Gasteiger partial charge on any atom is -0.469 e. The molecule has 2 saturated carbocycles. The maximum atomic E-state index is 11.2. The molecule has 2 rings (SSSR count). The third kappa shape index (κ3) is 2.01. The highest BCUT2D eigenvalue weighted by Gasteiger charge is 2.66. The Hall–Kier alpha value is -0.620. The standard InChI is InChI=1S/C9H14O5S/c1-13-8(10)7-5-9(7)3-6(4-9)14-15(2,11)12/h6-7H,3-5H2,1-2H3. The molecule has 0 saturated heterocycles. The molecule has 0 heterocycles. The number of ether oxygens (including phenoxy) is 1. The second-order valence-corrected chi connectivity index (χ2v) is 6.07. The summed E-state index contributed by atoms with van der Waals surface area (Å²) in [5, 5.41) is 0. The predicted molar refractivity (Wildman–Crippen MR) is 51.5 cm³/mol. The van der Waals surface area contributed by atoms with Gasteiger partial charge in [-0.1, -0.05) is 0 Å². The molecule has 6 heteroatoms. The average Bonchev–Trinajstić information content (AvgIpc) is 2.75. The highest BCUT2D eigenvalue weighted by molar-refractivity contribution is 7.86. The lowest BCUT2D eigenvalue weighted by Crippen LogP contribution is -2.36. The van der Waals surface area contributed by atoms with Crippen molar-refractivity contribution < 1.29 is 22.1 Å². The van der Waals surface area contributed by atoms with E-state index in [-0.39, 0.29) is 23.4 Å². The van der Waals surface area contributed by atoms with Gasteiger partial charge in [0.15, 0.2) is 0 Å². The van der Waals surface area contributed by atoms with Gasteiger partial charge in [0.05, 0.1) is 25.4 Å². The lowest BCUT2D eigenvalue weighted by atomic mass is 9.77. The van der Waals surface area contributed by atoms with Gasteiger partial charge in [0.1, 0.15) is 0 Å². The largest absolute Gasteiger partial charge is 0.469 e. The summed E-state index contributed by atoms with van der Waals surface area (Å²) in [6.45, 7) is 0. The van der Waals surface area contributed by atoms with Crippen molar-refractivity contribution in [2.75, 3.05) is 13.4 Å². The van der Waals surface area contributed by atoms with Gasteiger partial charge in [-0.25, -0.2) is 0 Å². The van der Waals surface area contributed by atoms with Crippen molar-refractivity contribution in [1.82, 2.24) is 0 Å². The van der Waals surface area contributed by atoms with Crippen LogP contribution in [0.15, 0.2) is 0 Å². The molecule has 0 bridgehead atoms. The average molecular weight is 234 g/mol. The van der Waals surface area contributed by atoms with Gasteiger partial charge in [-0.2, -0.15) is 8.42 Å². The maximum absolute atomic E-state index is 11.2. The monoisotopic (exact) mass is 234 g/mol. The second kappa shape index (κ2) is 3.18.